The molecule has 0 bridgehead atoms. The predicted octanol–water partition coefficient (Wildman–Crippen LogP) is 2.54. The molecule has 8 heteroatoms. The van der Waals surface area contributed by atoms with E-state index in [1.54, 1.807) is 39.8 Å². The van der Waals surface area contributed by atoms with Gasteiger partial charge in [0, 0.05) is 35.8 Å². The molecule has 24 heavy (non-hydrogen) atoms. The highest BCUT2D eigenvalue weighted by Gasteiger charge is 2.39. The van der Waals surface area contributed by atoms with Crippen LogP contribution in [0.15, 0.2) is 17.5 Å². The second kappa shape index (κ2) is 8.58. The maximum absolute atomic E-state index is 13.8. The molecule has 0 spiro atoms. The Balaban J connectivity index is 1.47. The number of thiophene rings is 1. The lowest BCUT2D eigenvalue weighted by atomic mass is 10.2. The SMILES string of the molecule is O=C(CCc1cccs1)NC[C@@H]1C[C@H](F)CN1C(=O)C1SCCS1. The summed E-state index contributed by atoms with van der Waals surface area (Å²) in [4.78, 5) is 27.4. The number of carbonyl (C=O) groups is 2. The van der Waals surface area contributed by atoms with Gasteiger partial charge in [0.2, 0.25) is 11.8 Å². The van der Waals surface area contributed by atoms with Crippen LogP contribution in [0.3, 0.4) is 0 Å². The van der Waals surface area contributed by atoms with E-state index in [1.165, 1.54) is 4.88 Å². The Morgan fingerprint density at radius 2 is 2.12 bits per heavy atom. The molecular weight excluding hydrogens is 367 g/mol. The number of likely N-dealkylation sites (tertiary alicyclic amines) is 1. The van der Waals surface area contributed by atoms with Crippen molar-refractivity contribution in [2.75, 3.05) is 24.6 Å². The van der Waals surface area contributed by atoms with Crippen molar-refractivity contribution in [2.45, 2.75) is 36.1 Å². The first-order valence-corrected chi connectivity index (χ1v) is 11.1. The zero-order valence-corrected chi connectivity index (χ0v) is 15.7. The minimum absolute atomic E-state index is 0.0143. The number of nitrogens with zero attached hydrogens (tertiary/aromatic N) is 1. The highest BCUT2D eigenvalue weighted by Crippen LogP contribution is 2.35. The first kappa shape index (κ1) is 18.1. The number of hydrogen-bond donors (Lipinski definition) is 1. The summed E-state index contributed by atoms with van der Waals surface area (Å²) in [5.74, 6) is 1.92. The third-order valence-corrected chi connectivity index (χ3v) is 8.08. The average molecular weight is 389 g/mol. The number of nitrogens with one attached hydrogen (secondary N) is 1. The molecule has 2 aliphatic heterocycles. The van der Waals surface area contributed by atoms with Gasteiger partial charge >= 0.3 is 0 Å². The molecular formula is C16H21FN2O2S3. The predicted molar refractivity (Wildman–Crippen MR) is 99.4 cm³/mol. The van der Waals surface area contributed by atoms with E-state index in [1.807, 2.05) is 17.5 Å². The van der Waals surface area contributed by atoms with Crippen LogP contribution in [0.25, 0.3) is 0 Å². The Hall–Kier alpha value is -0.730. The van der Waals surface area contributed by atoms with Gasteiger partial charge in [-0.2, -0.15) is 0 Å². The molecule has 0 saturated carbocycles. The molecule has 1 N–H and O–H groups in total. The fraction of sp³-hybridized carbons (Fsp3) is 0.625. The molecule has 2 fully saturated rings. The van der Waals surface area contributed by atoms with Gasteiger partial charge in [-0.3, -0.25) is 9.59 Å². The summed E-state index contributed by atoms with van der Waals surface area (Å²) >= 11 is 4.91. The van der Waals surface area contributed by atoms with Crippen LogP contribution in [0.4, 0.5) is 4.39 Å². The van der Waals surface area contributed by atoms with Crippen LogP contribution < -0.4 is 5.32 Å². The van der Waals surface area contributed by atoms with Crippen molar-refractivity contribution >= 4 is 46.7 Å². The Labute approximate surface area is 153 Å². The average Bonchev–Trinajstić information content (AvgIpc) is 3.31. The normalized spacial score (nSPS) is 24.5. The smallest absolute Gasteiger partial charge is 0.246 e. The van der Waals surface area contributed by atoms with E-state index in [2.05, 4.69) is 5.32 Å². The molecule has 0 aliphatic carbocycles. The molecule has 0 radical (unpaired) electrons. The second-order valence-electron chi connectivity index (χ2n) is 5.93. The van der Waals surface area contributed by atoms with Crippen LogP contribution in [0, 0.1) is 0 Å². The molecule has 2 atom stereocenters. The van der Waals surface area contributed by atoms with E-state index in [4.69, 9.17) is 0 Å². The monoisotopic (exact) mass is 388 g/mol. The summed E-state index contributed by atoms with van der Waals surface area (Å²) in [6.45, 7) is 0.504. The van der Waals surface area contributed by atoms with Crippen molar-refractivity contribution in [1.29, 1.82) is 0 Å². The summed E-state index contributed by atoms with van der Waals surface area (Å²) in [5.41, 5.74) is 0. The summed E-state index contributed by atoms with van der Waals surface area (Å²) < 4.78 is 13.7. The highest BCUT2D eigenvalue weighted by atomic mass is 32.2. The zero-order valence-electron chi connectivity index (χ0n) is 13.3. The Morgan fingerprint density at radius 3 is 2.83 bits per heavy atom. The van der Waals surface area contributed by atoms with Gasteiger partial charge in [0.1, 0.15) is 10.8 Å². The third kappa shape index (κ3) is 4.67. The lowest BCUT2D eigenvalue weighted by Crippen LogP contribution is -2.45. The van der Waals surface area contributed by atoms with E-state index < -0.39 is 6.17 Å². The number of amides is 2. The van der Waals surface area contributed by atoms with E-state index >= 15 is 0 Å². The van der Waals surface area contributed by atoms with Crippen molar-refractivity contribution in [3.05, 3.63) is 22.4 Å². The van der Waals surface area contributed by atoms with E-state index in [9.17, 15) is 14.0 Å². The Morgan fingerprint density at radius 1 is 1.33 bits per heavy atom. The minimum Gasteiger partial charge on any atom is -0.354 e. The molecule has 2 aliphatic rings. The van der Waals surface area contributed by atoms with Crippen LogP contribution in [0.1, 0.15) is 17.7 Å². The molecule has 2 saturated heterocycles. The van der Waals surface area contributed by atoms with Crippen LogP contribution >= 0.6 is 34.9 Å². The highest BCUT2D eigenvalue weighted by molar-refractivity contribution is 8.21. The molecule has 1 aromatic rings. The van der Waals surface area contributed by atoms with Gasteiger partial charge in [-0.25, -0.2) is 4.39 Å². The number of aryl methyl sites for hydroxylation is 1. The van der Waals surface area contributed by atoms with Gasteiger partial charge in [-0.15, -0.1) is 34.9 Å². The maximum Gasteiger partial charge on any atom is 0.246 e. The van der Waals surface area contributed by atoms with E-state index in [0.29, 0.717) is 19.4 Å². The Bertz CT molecular complexity index is 564. The number of halogens is 1. The first-order valence-electron chi connectivity index (χ1n) is 8.10. The number of carbonyl (C=O) groups excluding carboxylic acids is 2. The number of hydrogen-bond acceptors (Lipinski definition) is 5. The molecule has 0 aromatic carbocycles. The summed E-state index contributed by atoms with van der Waals surface area (Å²) in [6.07, 6.45) is 0.476. The second-order valence-corrected chi connectivity index (χ2v) is 9.69. The topological polar surface area (TPSA) is 49.4 Å². The van der Waals surface area contributed by atoms with Gasteiger partial charge in [-0.1, -0.05) is 6.07 Å². The van der Waals surface area contributed by atoms with Gasteiger partial charge < -0.3 is 10.2 Å². The van der Waals surface area contributed by atoms with Gasteiger partial charge in [0.15, 0.2) is 0 Å². The molecule has 4 nitrogen and oxygen atoms in total. The fourth-order valence-corrected chi connectivity index (χ4v) is 6.40. The van der Waals surface area contributed by atoms with Gasteiger partial charge in [-0.05, 0) is 17.9 Å². The number of rotatable bonds is 6. The van der Waals surface area contributed by atoms with Gasteiger partial charge in [0.25, 0.3) is 0 Å². The third-order valence-electron chi connectivity index (χ3n) is 4.18. The van der Waals surface area contributed by atoms with Crippen molar-refractivity contribution in [3.63, 3.8) is 0 Å². The van der Waals surface area contributed by atoms with Crippen LogP contribution in [0.2, 0.25) is 0 Å². The standard InChI is InChI=1S/C16H21FN2O2S3/c17-11-8-12(19(10-11)15(21)16-23-6-7-24-16)9-18-14(20)4-3-13-2-1-5-22-13/h1-2,5,11-12,16H,3-4,6-10H2,(H,18,20)/t11-,12-/m0/s1. The van der Waals surface area contributed by atoms with Crippen LogP contribution in [-0.2, 0) is 16.0 Å². The molecule has 3 heterocycles. The van der Waals surface area contributed by atoms with E-state index in [0.717, 1.165) is 17.9 Å². The summed E-state index contributed by atoms with van der Waals surface area (Å²) in [6, 6.07) is 3.76. The first-order chi connectivity index (χ1) is 11.6. The number of thioether (sulfide) groups is 2. The van der Waals surface area contributed by atoms with Crippen molar-refractivity contribution in [2.24, 2.45) is 0 Å². The molecule has 3 rings (SSSR count). The maximum atomic E-state index is 13.8. The lowest BCUT2D eigenvalue weighted by Gasteiger charge is -2.26. The van der Waals surface area contributed by atoms with Crippen LogP contribution in [-0.4, -0.2) is 58.1 Å². The zero-order chi connectivity index (χ0) is 16.9. The number of alkyl halides is 1. The Kier molecular flexibility index (Phi) is 6.46. The van der Waals surface area contributed by atoms with Gasteiger partial charge in [0.05, 0.1) is 12.6 Å². The van der Waals surface area contributed by atoms with Crippen molar-refractivity contribution in [1.82, 2.24) is 10.2 Å². The van der Waals surface area contributed by atoms with Crippen molar-refractivity contribution < 1.29 is 14.0 Å². The summed E-state index contributed by atoms with van der Waals surface area (Å²) in [5, 5.41) is 4.87. The summed E-state index contributed by atoms with van der Waals surface area (Å²) in [7, 11) is 0. The lowest BCUT2D eigenvalue weighted by molar-refractivity contribution is -0.130. The largest absolute Gasteiger partial charge is 0.354 e. The minimum atomic E-state index is -0.988. The quantitative estimate of drug-likeness (QED) is 0.814. The fourth-order valence-electron chi connectivity index (χ4n) is 2.97. The van der Waals surface area contributed by atoms with Crippen LogP contribution in [0.5, 0.6) is 0 Å². The molecule has 132 valence electrons. The molecule has 1 aromatic heterocycles. The van der Waals surface area contributed by atoms with E-state index in [-0.39, 0.29) is 29.0 Å². The van der Waals surface area contributed by atoms with Crippen molar-refractivity contribution in [3.8, 4) is 0 Å². The molecule has 0 unspecified atom stereocenters. The molecule has 2 amide bonds.